The standard InChI is InChI=1S/C25H25FN4O2.ClH/c1-32-19-12-10-17(11-13-19)16-23(24-28-21-8-4-5-9-22(21)29-24)30-25(31)27-15-14-18-6-2-3-7-20(18)26;/h2-13,23H,14-16H2,1H3,(H,28,29)(H2,27,30,31);1H/t23-;/m1./s1. The molecule has 0 saturated carbocycles. The molecule has 0 aliphatic rings. The number of carbonyl (C=O) groups excluding carboxylic acids is 1. The number of rotatable bonds is 8. The molecule has 0 aliphatic carbocycles. The van der Waals surface area contributed by atoms with Crippen LogP contribution >= 0.6 is 12.4 Å². The normalized spacial score (nSPS) is 11.5. The van der Waals surface area contributed by atoms with Crippen LogP contribution in [-0.2, 0) is 12.8 Å². The minimum absolute atomic E-state index is 0. The van der Waals surface area contributed by atoms with Crippen molar-refractivity contribution in [3.8, 4) is 5.75 Å². The maximum Gasteiger partial charge on any atom is 0.315 e. The van der Waals surface area contributed by atoms with E-state index >= 15 is 0 Å². The van der Waals surface area contributed by atoms with Crippen molar-refractivity contribution in [2.24, 2.45) is 0 Å². The van der Waals surface area contributed by atoms with Gasteiger partial charge in [0.2, 0.25) is 0 Å². The van der Waals surface area contributed by atoms with Gasteiger partial charge in [-0.2, -0.15) is 0 Å². The first-order chi connectivity index (χ1) is 15.6. The highest BCUT2D eigenvalue weighted by molar-refractivity contribution is 5.85. The number of hydrogen-bond donors (Lipinski definition) is 3. The van der Waals surface area contributed by atoms with Crippen LogP contribution in [-0.4, -0.2) is 29.7 Å². The van der Waals surface area contributed by atoms with Crippen molar-refractivity contribution in [1.29, 1.82) is 0 Å². The van der Waals surface area contributed by atoms with Crippen LogP contribution in [0.5, 0.6) is 5.75 Å². The number of halogens is 2. The molecule has 0 saturated heterocycles. The number of nitrogens with one attached hydrogen (secondary N) is 3. The van der Waals surface area contributed by atoms with Gasteiger partial charge in [-0.3, -0.25) is 0 Å². The number of nitrogens with zero attached hydrogens (tertiary/aromatic N) is 1. The molecule has 6 nitrogen and oxygen atoms in total. The van der Waals surface area contributed by atoms with E-state index in [9.17, 15) is 9.18 Å². The maximum absolute atomic E-state index is 13.8. The average molecular weight is 469 g/mol. The van der Waals surface area contributed by atoms with Crippen LogP contribution < -0.4 is 15.4 Å². The molecule has 8 heteroatoms. The molecule has 1 atom stereocenters. The summed E-state index contributed by atoms with van der Waals surface area (Å²) < 4.78 is 19.0. The zero-order chi connectivity index (χ0) is 22.3. The largest absolute Gasteiger partial charge is 0.497 e. The Bertz CT molecular complexity index is 1160. The minimum atomic E-state index is -0.371. The Morgan fingerprint density at radius 1 is 1.06 bits per heavy atom. The third kappa shape index (κ3) is 6.23. The lowest BCUT2D eigenvalue weighted by atomic mass is 10.1. The van der Waals surface area contributed by atoms with Gasteiger partial charge in [0.05, 0.1) is 24.2 Å². The fourth-order valence-electron chi connectivity index (χ4n) is 3.57. The summed E-state index contributed by atoms with van der Waals surface area (Å²) in [5, 5.41) is 5.82. The third-order valence-corrected chi connectivity index (χ3v) is 5.28. The van der Waals surface area contributed by atoms with Crippen molar-refractivity contribution in [3.05, 3.63) is 95.6 Å². The lowest BCUT2D eigenvalue weighted by Gasteiger charge is -2.18. The molecule has 0 spiro atoms. The van der Waals surface area contributed by atoms with Gasteiger partial charge >= 0.3 is 6.03 Å². The molecule has 4 aromatic rings. The molecule has 2 amide bonds. The van der Waals surface area contributed by atoms with Crippen molar-refractivity contribution < 1.29 is 13.9 Å². The van der Waals surface area contributed by atoms with Gasteiger partial charge in [-0.1, -0.05) is 42.5 Å². The molecule has 1 heterocycles. The molecular formula is C25H26ClFN4O2. The van der Waals surface area contributed by atoms with Crippen LogP contribution in [0.3, 0.4) is 0 Å². The van der Waals surface area contributed by atoms with Gasteiger partial charge < -0.3 is 20.4 Å². The number of methoxy groups -OCH3 is 1. The first-order valence-corrected chi connectivity index (χ1v) is 10.5. The summed E-state index contributed by atoms with van der Waals surface area (Å²) in [6.07, 6.45) is 0.957. The Balaban J connectivity index is 0.00000306. The number of urea groups is 1. The van der Waals surface area contributed by atoms with Crippen LogP contribution in [0.2, 0.25) is 0 Å². The number of aromatic nitrogens is 2. The second-order valence-corrected chi connectivity index (χ2v) is 7.49. The molecule has 0 radical (unpaired) electrons. The maximum atomic E-state index is 13.8. The number of benzene rings is 3. The predicted octanol–water partition coefficient (Wildman–Crippen LogP) is 4.96. The first-order valence-electron chi connectivity index (χ1n) is 10.5. The van der Waals surface area contributed by atoms with Crippen molar-refractivity contribution in [2.45, 2.75) is 18.9 Å². The van der Waals surface area contributed by atoms with E-state index in [0.29, 0.717) is 30.8 Å². The van der Waals surface area contributed by atoms with Gasteiger partial charge in [-0.05, 0) is 54.3 Å². The van der Waals surface area contributed by atoms with Gasteiger partial charge in [-0.25, -0.2) is 14.2 Å². The lowest BCUT2D eigenvalue weighted by molar-refractivity contribution is 0.236. The summed E-state index contributed by atoms with van der Waals surface area (Å²) in [7, 11) is 1.62. The van der Waals surface area contributed by atoms with E-state index in [-0.39, 0.29) is 30.3 Å². The Morgan fingerprint density at radius 2 is 1.79 bits per heavy atom. The van der Waals surface area contributed by atoms with Gasteiger partial charge in [0.1, 0.15) is 17.4 Å². The molecule has 0 fully saturated rings. The van der Waals surface area contributed by atoms with Gasteiger partial charge in [0.15, 0.2) is 0 Å². The molecule has 172 valence electrons. The van der Waals surface area contributed by atoms with Crippen LogP contribution in [0.15, 0.2) is 72.8 Å². The van der Waals surface area contributed by atoms with E-state index in [4.69, 9.17) is 4.74 Å². The Morgan fingerprint density at radius 3 is 2.52 bits per heavy atom. The Hall–Kier alpha value is -3.58. The second kappa shape index (κ2) is 11.3. The number of amides is 2. The van der Waals surface area contributed by atoms with Crippen molar-refractivity contribution >= 4 is 29.5 Å². The van der Waals surface area contributed by atoms with Gasteiger partial charge in [-0.15, -0.1) is 12.4 Å². The Kier molecular flexibility index (Phi) is 8.27. The summed E-state index contributed by atoms with van der Waals surface area (Å²) in [5.41, 5.74) is 3.34. The Labute approximate surface area is 198 Å². The lowest BCUT2D eigenvalue weighted by Crippen LogP contribution is -2.40. The average Bonchev–Trinajstić information content (AvgIpc) is 3.25. The summed E-state index contributed by atoms with van der Waals surface area (Å²) in [4.78, 5) is 20.6. The van der Waals surface area contributed by atoms with Crippen molar-refractivity contribution in [3.63, 3.8) is 0 Å². The predicted molar refractivity (Wildman–Crippen MR) is 129 cm³/mol. The monoisotopic (exact) mass is 468 g/mol. The smallest absolute Gasteiger partial charge is 0.315 e. The fourth-order valence-corrected chi connectivity index (χ4v) is 3.57. The topological polar surface area (TPSA) is 79.0 Å². The molecule has 33 heavy (non-hydrogen) atoms. The highest BCUT2D eigenvalue weighted by Crippen LogP contribution is 2.21. The van der Waals surface area contributed by atoms with Crippen molar-refractivity contribution in [1.82, 2.24) is 20.6 Å². The highest BCUT2D eigenvalue weighted by atomic mass is 35.5. The summed E-state index contributed by atoms with van der Waals surface area (Å²) in [6, 6.07) is 21.3. The van der Waals surface area contributed by atoms with E-state index in [1.165, 1.54) is 6.07 Å². The number of H-pyrrole nitrogens is 1. The third-order valence-electron chi connectivity index (χ3n) is 5.28. The molecule has 3 aromatic carbocycles. The molecule has 0 bridgehead atoms. The number of fused-ring (bicyclic) bond motifs is 1. The van der Waals surface area contributed by atoms with Gasteiger partial charge in [0.25, 0.3) is 0 Å². The van der Waals surface area contributed by atoms with Gasteiger partial charge in [0, 0.05) is 6.54 Å². The number of carbonyl (C=O) groups is 1. The van der Waals surface area contributed by atoms with E-state index in [2.05, 4.69) is 20.6 Å². The SMILES string of the molecule is COc1ccc(C[C@@H](NC(=O)NCCc2ccccc2F)c2nc3ccccc3[nH]2)cc1.Cl. The quantitative estimate of drug-likeness (QED) is 0.342. The van der Waals surface area contributed by atoms with Crippen LogP contribution in [0.25, 0.3) is 11.0 Å². The van der Waals surface area contributed by atoms with Crippen LogP contribution in [0.4, 0.5) is 9.18 Å². The van der Waals surface area contributed by atoms with Crippen molar-refractivity contribution in [2.75, 3.05) is 13.7 Å². The van der Waals surface area contributed by atoms with E-state index < -0.39 is 0 Å². The van der Waals surface area contributed by atoms with E-state index in [1.807, 2.05) is 48.5 Å². The molecular weight excluding hydrogens is 443 g/mol. The van der Waals surface area contributed by atoms with E-state index in [0.717, 1.165) is 22.3 Å². The number of para-hydroxylation sites is 2. The number of ether oxygens (including phenoxy) is 1. The van der Waals surface area contributed by atoms with E-state index in [1.54, 1.807) is 25.3 Å². The summed E-state index contributed by atoms with van der Waals surface area (Å²) >= 11 is 0. The first kappa shape index (κ1) is 24.1. The second-order valence-electron chi connectivity index (χ2n) is 7.49. The van der Waals surface area contributed by atoms with Crippen LogP contribution in [0, 0.1) is 5.82 Å². The summed E-state index contributed by atoms with van der Waals surface area (Å²) in [5.74, 6) is 1.17. The number of hydrogen-bond acceptors (Lipinski definition) is 3. The molecule has 1 aromatic heterocycles. The van der Waals surface area contributed by atoms with Crippen LogP contribution in [0.1, 0.15) is 23.0 Å². The number of imidazole rings is 1. The molecule has 3 N–H and O–H groups in total. The summed E-state index contributed by atoms with van der Waals surface area (Å²) in [6.45, 7) is 0.322. The zero-order valence-corrected chi connectivity index (χ0v) is 19.0. The molecule has 4 rings (SSSR count). The molecule has 0 aliphatic heterocycles. The zero-order valence-electron chi connectivity index (χ0n) is 18.2. The molecule has 0 unspecified atom stereocenters. The highest BCUT2D eigenvalue weighted by Gasteiger charge is 2.19. The fraction of sp³-hybridized carbons (Fsp3) is 0.200. The minimum Gasteiger partial charge on any atom is -0.497 e. The number of aromatic amines is 1.